The lowest BCUT2D eigenvalue weighted by Gasteiger charge is -2.12. The van der Waals surface area contributed by atoms with Crippen molar-refractivity contribution in [2.75, 3.05) is 11.9 Å². The summed E-state index contributed by atoms with van der Waals surface area (Å²) in [6, 6.07) is 29.0. The number of aromatic nitrogens is 2. The Labute approximate surface area is 224 Å². The fourth-order valence-corrected chi connectivity index (χ4v) is 4.10. The second-order valence-electron chi connectivity index (χ2n) is 8.51. The first-order valence-electron chi connectivity index (χ1n) is 11.9. The van der Waals surface area contributed by atoms with Gasteiger partial charge in [-0.15, -0.1) is 0 Å². The van der Waals surface area contributed by atoms with Crippen LogP contribution in [0.1, 0.15) is 11.1 Å². The highest BCUT2D eigenvalue weighted by Crippen LogP contribution is 2.23. The Bertz CT molecular complexity index is 1710. The van der Waals surface area contributed by atoms with E-state index in [0.29, 0.717) is 33.1 Å². The number of fused-ring (bicyclic) bond motifs is 1. The van der Waals surface area contributed by atoms with Crippen LogP contribution < -0.4 is 15.6 Å². The number of ether oxygens (including phenoxy) is 1. The van der Waals surface area contributed by atoms with Gasteiger partial charge in [0.15, 0.2) is 12.4 Å². The van der Waals surface area contributed by atoms with Gasteiger partial charge >= 0.3 is 0 Å². The molecule has 0 saturated heterocycles. The lowest BCUT2D eigenvalue weighted by atomic mass is 10.2. The summed E-state index contributed by atoms with van der Waals surface area (Å²) >= 11 is 6.25. The average molecular weight is 523 g/mol. The van der Waals surface area contributed by atoms with E-state index in [1.54, 1.807) is 36.4 Å². The van der Waals surface area contributed by atoms with E-state index < -0.39 is 0 Å². The topological polar surface area (TPSA) is 85.6 Å². The molecule has 5 rings (SSSR count). The van der Waals surface area contributed by atoms with Crippen LogP contribution in [-0.4, -0.2) is 28.4 Å². The lowest BCUT2D eigenvalue weighted by molar-refractivity contribution is -0.118. The highest BCUT2D eigenvalue weighted by Gasteiger charge is 2.13. The first-order chi connectivity index (χ1) is 18.5. The van der Waals surface area contributed by atoms with Crippen molar-refractivity contribution in [2.45, 2.75) is 6.92 Å². The number of carbonyl (C=O) groups excluding carboxylic acids is 1. The number of benzene rings is 4. The molecule has 188 valence electrons. The van der Waals surface area contributed by atoms with Crippen LogP contribution in [0.5, 0.6) is 5.75 Å². The summed E-state index contributed by atoms with van der Waals surface area (Å²) in [6.45, 7) is 1.70. The number of anilines is 1. The molecule has 38 heavy (non-hydrogen) atoms. The SMILES string of the molecule is Cc1ccccc1NC(=O)COc1ccc(Cl)cc1C=Nn1c(-c2ccccc2)nc2ccccc2c1=O. The first kappa shape index (κ1) is 24.9. The molecule has 1 heterocycles. The van der Waals surface area contributed by atoms with E-state index in [4.69, 9.17) is 21.3 Å². The van der Waals surface area contributed by atoms with E-state index in [-0.39, 0.29) is 18.1 Å². The fourth-order valence-electron chi connectivity index (χ4n) is 3.92. The summed E-state index contributed by atoms with van der Waals surface area (Å²) in [7, 11) is 0. The quantitative estimate of drug-likeness (QED) is 0.269. The Kier molecular flexibility index (Phi) is 7.28. The van der Waals surface area contributed by atoms with Crippen molar-refractivity contribution in [2.24, 2.45) is 5.10 Å². The summed E-state index contributed by atoms with van der Waals surface area (Å²) in [6.07, 6.45) is 1.48. The molecule has 5 aromatic rings. The smallest absolute Gasteiger partial charge is 0.282 e. The number of nitrogens with zero attached hydrogens (tertiary/aromatic N) is 3. The van der Waals surface area contributed by atoms with Gasteiger partial charge in [0, 0.05) is 21.8 Å². The normalized spacial score (nSPS) is 11.1. The summed E-state index contributed by atoms with van der Waals surface area (Å²) in [5.74, 6) is 0.479. The first-order valence-corrected chi connectivity index (χ1v) is 12.3. The fraction of sp³-hybridized carbons (Fsp3) is 0.0667. The Morgan fingerprint density at radius 2 is 1.74 bits per heavy atom. The van der Waals surface area contributed by atoms with Gasteiger partial charge in [0.1, 0.15) is 5.75 Å². The Balaban J connectivity index is 1.47. The maximum Gasteiger partial charge on any atom is 0.282 e. The molecule has 8 heteroatoms. The van der Waals surface area contributed by atoms with Gasteiger partial charge in [-0.25, -0.2) is 4.98 Å². The zero-order chi connectivity index (χ0) is 26.5. The van der Waals surface area contributed by atoms with Gasteiger partial charge in [0.2, 0.25) is 0 Å². The number of amides is 1. The molecule has 0 saturated carbocycles. The molecule has 1 N–H and O–H groups in total. The molecule has 0 bridgehead atoms. The van der Waals surface area contributed by atoms with Gasteiger partial charge in [-0.05, 0) is 48.9 Å². The molecule has 1 amide bonds. The molecular formula is C30H23ClN4O3. The van der Waals surface area contributed by atoms with Gasteiger partial charge in [0.25, 0.3) is 11.5 Å². The van der Waals surface area contributed by atoms with Crippen molar-refractivity contribution in [1.82, 2.24) is 9.66 Å². The Morgan fingerprint density at radius 3 is 2.55 bits per heavy atom. The highest BCUT2D eigenvalue weighted by molar-refractivity contribution is 6.30. The largest absolute Gasteiger partial charge is 0.483 e. The standard InChI is InChI=1S/C30H23ClN4O3/c1-20-9-5-7-13-25(20)33-28(36)19-38-27-16-15-23(31)17-22(27)18-32-35-29(21-10-3-2-4-11-21)34-26-14-8-6-12-24(26)30(35)37/h2-18H,19H2,1H3,(H,33,36). The van der Waals surface area contributed by atoms with Crippen LogP contribution in [0.2, 0.25) is 5.02 Å². The van der Waals surface area contributed by atoms with E-state index >= 15 is 0 Å². The molecule has 0 fully saturated rings. The monoisotopic (exact) mass is 522 g/mol. The van der Waals surface area contributed by atoms with E-state index in [2.05, 4.69) is 10.4 Å². The summed E-state index contributed by atoms with van der Waals surface area (Å²) < 4.78 is 7.06. The molecule has 0 aliphatic rings. The minimum absolute atomic E-state index is 0.219. The summed E-state index contributed by atoms with van der Waals surface area (Å²) in [5, 5.41) is 8.23. The molecule has 7 nitrogen and oxygen atoms in total. The van der Waals surface area contributed by atoms with Gasteiger partial charge in [-0.3, -0.25) is 9.59 Å². The van der Waals surface area contributed by atoms with Crippen molar-refractivity contribution in [3.63, 3.8) is 0 Å². The maximum atomic E-state index is 13.4. The van der Waals surface area contributed by atoms with Crippen molar-refractivity contribution in [1.29, 1.82) is 0 Å². The zero-order valence-corrected chi connectivity index (χ0v) is 21.2. The van der Waals surface area contributed by atoms with Crippen LogP contribution in [0.4, 0.5) is 5.69 Å². The van der Waals surface area contributed by atoms with Crippen LogP contribution in [-0.2, 0) is 4.79 Å². The van der Waals surface area contributed by atoms with Crippen LogP contribution in [0.3, 0.4) is 0 Å². The lowest BCUT2D eigenvalue weighted by Crippen LogP contribution is -2.21. The minimum atomic E-state index is -0.312. The van der Waals surface area contributed by atoms with Crippen LogP contribution in [0.25, 0.3) is 22.3 Å². The van der Waals surface area contributed by atoms with Crippen molar-refractivity contribution in [3.8, 4) is 17.1 Å². The van der Waals surface area contributed by atoms with Crippen LogP contribution >= 0.6 is 11.6 Å². The van der Waals surface area contributed by atoms with Gasteiger partial charge in [-0.2, -0.15) is 9.78 Å². The summed E-state index contributed by atoms with van der Waals surface area (Å²) in [4.78, 5) is 30.6. The molecular weight excluding hydrogens is 500 g/mol. The number of carbonyl (C=O) groups is 1. The Hall–Kier alpha value is -4.75. The number of halogens is 1. The number of nitrogens with one attached hydrogen (secondary N) is 1. The molecule has 4 aromatic carbocycles. The third kappa shape index (κ3) is 5.48. The van der Waals surface area contributed by atoms with E-state index in [1.165, 1.54) is 10.9 Å². The zero-order valence-electron chi connectivity index (χ0n) is 20.5. The molecule has 0 aliphatic heterocycles. The third-order valence-corrected chi connectivity index (χ3v) is 6.08. The van der Waals surface area contributed by atoms with Gasteiger partial charge < -0.3 is 10.1 Å². The van der Waals surface area contributed by atoms with Crippen LogP contribution in [0.15, 0.2) is 107 Å². The molecule has 0 radical (unpaired) electrons. The molecule has 0 atom stereocenters. The number of hydrogen-bond acceptors (Lipinski definition) is 5. The van der Waals surface area contributed by atoms with Crippen molar-refractivity contribution < 1.29 is 9.53 Å². The molecule has 0 spiro atoms. The minimum Gasteiger partial charge on any atom is -0.483 e. The van der Waals surface area contributed by atoms with E-state index in [9.17, 15) is 9.59 Å². The highest BCUT2D eigenvalue weighted by atomic mass is 35.5. The van der Waals surface area contributed by atoms with E-state index in [1.807, 2.05) is 67.6 Å². The number of aryl methyl sites for hydroxylation is 1. The average Bonchev–Trinajstić information content (AvgIpc) is 2.93. The third-order valence-electron chi connectivity index (χ3n) is 5.85. The number of para-hydroxylation sites is 2. The van der Waals surface area contributed by atoms with Crippen molar-refractivity contribution in [3.05, 3.63) is 124 Å². The summed E-state index contributed by atoms with van der Waals surface area (Å²) in [5.41, 5.74) is 3.17. The predicted octanol–water partition coefficient (Wildman–Crippen LogP) is 5.93. The predicted molar refractivity (Wildman–Crippen MR) is 151 cm³/mol. The van der Waals surface area contributed by atoms with E-state index in [0.717, 1.165) is 16.8 Å². The number of hydrogen-bond donors (Lipinski definition) is 1. The molecule has 0 aliphatic carbocycles. The second-order valence-corrected chi connectivity index (χ2v) is 8.95. The maximum absolute atomic E-state index is 13.4. The van der Waals surface area contributed by atoms with Gasteiger partial charge in [-0.1, -0.05) is 72.3 Å². The van der Waals surface area contributed by atoms with Crippen molar-refractivity contribution >= 4 is 40.3 Å². The van der Waals surface area contributed by atoms with Crippen LogP contribution in [0, 0.1) is 6.92 Å². The second kappa shape index (κ2) is 11.1. The Morgan fingerprint density at radius 1 is 1.00 bits per heavy atom. The molecule has 1 aromatic heterocycles. The number of rotatable bonds is 7. The molecule has 0 unspecified atom stereocenters. The van der Waals surface area contributed by atoms with Gasteiger partial charge in [0.05, 0.1) is 17.1 Å².